The molecule has 0 atom stereocenters. The predicted octanol–water partition coefficient (Wildman–Crippen LogP) is 0.439. The second-order valence-corrected chi connectivity index (χ2v) is 4.15. The van der Waals surface area contributed by atoms with Crippen LogP contribution in [-0.2, 0) is 6.18 Å². The topological polar surface area (TPSA) is 65.2 Å². The van der Waals surface area contributed by atoms with E-state index in [0.717, 1.165) is 6.07 Å². The van der Waals surface area contributed by atoms with E-state index < -0.39 is 23.3 Å². The maximum atomic E-state index is 12.4. The summed E-state index contributed by atoms with van der Waals surface area (Å²) in [6, 6.07) is 1.63. The monoisotopic (exact) mass is 275 g/mol. The Morgan fingerprint density at radius 3 is 2.37 bits per heavy atom. The lowest BCUT2D eigenvalue weighted by molar-refractivity contribution is -0.141. The van der Waals surface area contributed by atoms with Crippen LogP contribution in [0.4, 0.5) is 13.2 Å². The van der Waals surface area contributed by atoms with Gasteiger partial charge in [0.2, 0.25) is 0 Å². The highest BCUT2D eigenvalue weighted by atomic mass is 19.4. The van der Waals surface area contributed by atoms with E-state index in [4.69, 9.17) is 0 Å². The minimum Gasteiger partial charge on any atom is -0.336 e. The summed E-state index contributed by atoms with van der Waals surface area (Å²) in [6.07, 6.45) is -4.63. The van der Waals surface area contributed by atoms with Crippen LogP contribution < -0.4 is 10.9 Å². The summed E-state index contributed by atoms with van der Waals surface area (Å²) in [5, 5.41) is 3.04. The number of aromatic nitrogens is 1. The molecular formula is C11H12F3N3O2. The number of amides is 1. The molecular weight excluding hydrogens is 263 g/mol. The van der Waals surface area contributed by atoms with Gasteiger partial charge in [0.05, 0.1) is 0 Å². The second-order valence-electron chi connectivity index (χ2n) is 4.15. The number of alkyl halides is 3. The van der Waals surface area contributed by atoms with E-state index in [1.54, 1.807) is 4.98 Å². The van der Waals surface area contributed by atoms with Gasteiger partial charge in [0.15, 0.2) is 0 Å². The molecule has 0 bridgehead atoms. The molecule has 5 nitrogen and oxygen atoms in total. The van der Waals surface area contributed by atoms with Crippen LogP contribution in [0.2, 0.25) is 0 Å². The minimum atomic E-state index is -4.63. The van der Waals surface area contributed by atoms with Crippen LogP contribution in [-0.4, -0.2) is 42.0 Å². The van der Waals surface area contributed by atoms with E-state index in [0.29, 0.717) is 32.2 Å². The van der Waals surface area contributed by atoms with E-state index >= 15 is 0 Å². The first kappa shape index (κ1) is 13.6. The molecule has 8 heteroatoms. The van der Waals surface area contributed by atoms with Crippen molar-refractivity contribution in [1.82, 2.24) is 15.2 Å². The number of halogens is 3. The number of nitrogens with one attached hydrogen (secondary N) is 2. The molecule has 1 aromatic rings. The van der Waals surface area contributed by atoms with E-state index in [1.165, 1.54) is 4.90 Å². The van der Waals surface area contributed by atoms with Crippen LogP contribution in [0.3, 0.4) is 0 Å². The zero-order valence-electron chi connectivity index (χ0n) is 9.88. The number of aromatic amines is 1. The molecule has 2 N–H and O–H groups in total. The Kier molecular flexibility index (Phi) is 3.61. The van der Waals surface area contributed by atoms with Crippen LogP contribution in [0.5, 0.6) is 0 Å². The Bertz CT molecular complexity index is 533. The Morgan fingerprint density at radius 1 is 1.21 bits per heavy atom. The van der Waals surface area contributed by atoms with Gasteiger partial charge in [0, 0.05) is 26.2 Å². The number of piperazine rings is 1. The van der Waals surface area contributed by atoms with Gasteiger partial charge in [-0.15, -0.1) is 0 Å². The number of hydrogen-bond donors (Lipinski definition) is 2. The molecule has 0 aromatic carbocycles. The first-order chi connectivity index (χ1) is 8.89. The van der Waals surface area contributed by atoms with Crippen molar-refractivity contribution in [2.45, 2.75) is 6.18 Å². The van der Waals surface area contributed by atoms with Gasteiger partial charge < -0.3 is 15.2 Å². The van der Waals surface area contributed by atoms with Gasteiger partial charge >= 0.3 is 6.18 Å². The van der Waals surface area contributed by atoms with Gasteiger partial charge in [0.25, 0.3) is 11.5 Å². The molecule has 1 amide bonds. The summed E-state index contributed by atoms with van der Waals surface area (Å²) in [5.74, 6) is -0.545. The number of carbonyl (C=O) groups is 1. The van der Waals surface area contributed by atoms with Gasteiger partial charge in [-0.2, -0.15) is 13.2 Å². The Balaban J connectivity index is 2.26. The van der Waals surface area contributed by atoms with Crippen molar-refractivity contribution in [3.8, 4) is 0 Å². The third-order valence-corrected chi connectivity index (χ3v) is 2.85. The van der Waals surface area contributed by atoms with Crippen molar-refractivity contribution in [3.63, 3.8) is 0 Å². The maximum Gasteiger partial charge on any atom is 0.431 e. The lowest BCUT2D eigenvalue weighted by Gasteiger charge is -2.27. The van der Waals surface area contributed by atoms with E-state index in [-0.39, 0.29) is 5.56 Å². The number of pyridine rings is 1. The number of hydrogen-bond acceptors (Lipinski definition) is 3. The molecule has 0 spiro atoms. The first-order valence-corrected chi connectivity index (χ1v) is 5.70. The largest absolute Gasteiger partial charge is 0.431 e. The van der Waals surface area contributed by atoms with Gasteiger partial charge in [-0.05, 0) is 12.1 Å². The quantitative estimate of drug-likeness (QED) is 0.781. The zero-order valence-corrected chi connectivity index (χ0v) is 9.88. The molecule has 1 saturated heterocycles. The number of carbonyl (C=O) groups excluding carboxylic acids is 1. The van der Waals surface area contributed by atoms with Crippen molar-refractivity contribution < 1.29 is 18.0 Å². The van der Waals surface area contributed by atoms with Gasteiger partial charge in [-0.1, -0.05) is 0 Å². The number of nitrogens with zero attached hydrogens (tertiary/aromatic N) is 1. The van der Waals surface area contributed by atoms with E-state index in [2.05, 4.69) is 5.32 Å². The molecule has 104 valence electrons. The smallest absolute Gasteiger partial charge is 0.336 e. The summed E-state index contributed by atoms with van der Waals surface area (Å²) in [5.41, 5.74) is -2.44. The van der Waals surface area contributed by atoms with Crippen molar-refractivity contribution in [3.05, 3.63) is 33.7 Å². The standard InChI is InChI=1S/C11H12F3N3O2/c12-11(13,14)8-2-1-7(9(18)16-8)10(19)17-5-3-15-4-6-17/h1-2,15H,3-6H2,(H,16,18). The first-order valence-electron chi connectivity index (χ1n) is 5.70. The fraction of sp³-hybridized carbons (Fsp3) is 0.455. The molecule has 19 heavy (non-hydrogen) atoms. The fourth-order valence-electron chi connectivity index (χ4n) is 1.85. The van der Waals surface area contributed by atoms with Gasteiger partial charge in [-0.3, -0.25) is 9.59 Å². The Labute approximate surface area is 106 Å². The van der Waals surface area contributed by atoms with Crippen LogP contribution in [0, 0.1) is 0 Å². The normalized spacial score (nSPS) is 16.5. The number of H-pyrrole nitrogens is 1. The van der Waals surface area contributed by atoms with Crippen molar-refractivity contribution in [2.75, 3.05) is 26.2 Å². The third-order valence-electron chi connectivity index (χ3n) is 2.85. The zero-order chi connectivity index (χ0) is 14.0. The summed E-state index contributed by atoms with van der Waals surface area (Å²) in [7, 11) is 0. The lowest BCUT2D eigenvalue weighted by atomic mass is 10.2. The lowest BCUT2D eigenvalue weighted by Crippen LogP contribution is -2.47. The highest BCUT2D eigenvalue weighted by Gasteiger charge is 2.32. The van der Waals surface area contributed by atoms with E-state index in [1.807, 2.05) is 0 Å². The molecule has 0 radical (unpaired) electrons. The molecule has 1 fully saturated rings. The highest BCUT2D eigenvalue weighted by Crippen LogP contribution is 2.26. The number of rotatable bonds is 1. The van der Waals surface area contributed by atoms with Gasteiger partial charge in [-0.25, -0.2) is 0 Å². The van der Waals surface area contributed by atoms with Crippen LogP contribution in [0.1, 0.15) is 16.1 Å². The average molecular weight is 275 g/mol. The molecule has 0 unspecified atom stereocenters. The highest BCUT2D eigenvalue weighted by molar-refractivity contribution is 5.93. The molecule has 0 aliphatic carbocycles. The molecule has 1 aromatic heterocycles. The average Bonchev–Trinajstić information content (AvgIpc) is 2.38. The summed E-state index contributed by atoms with van der Waals surface area (Å²) >= 11 is 0. The van der Waals surface area contributed by atoms with Crippen LogP contribution in [0.25, 0.3) is 0 Å². The minimum absolute atomic E-state index is 0.269. The third kappa shape index (κ3) is 2.95. The SMILES string of the molecule is O=C(c1ccc(C(F)(F)F)[nH]c1=O)N1CCNCC1. The Morgan fingerprint density at radius 2 is 1.84 bits per heavy atom. The van der Waals surface area contributed by atoms with Gasteiger partial charge in [0.1, 0.15) is 11.3 Å². The maximum absolute atomic E-state index is 12.4. The summed E-state index contributed by atoms with van der Waals surface area (Å²) in [6.45, 7) is 2.06. The predicted molar refractivity (Wildman–Crippen MR) is 60.8 cm³/mol. The molecule has 1 aliphatic heterocycles. The second kappa shape index (κ2) is 5.04. The van der Waals surface area contributed by atoms with Crippen molar-refractivity contribution >= 4 is 5.91 Å². The van der Waals surface area contributed by atoms with E-state index in [9.17, 15) is 22.8 Å². The van der Waals surface area contributed by atoms with Crippen molar-refractivity contribution in [1.29, 1.82) is 0 Å². The molecule has 2 heterocycles. The molecule has 0 saturated carbocycles. The Hall–Kier alpha value is -1.83. The van der Waals surface area contributed by atoms with Crippen molar-refractivity contribution in [2.24, 2.45) is 0 Å². The van der Waals surface area contributed by atoms with Crippen LogP contribution >= 0.6 is 0 Å². The molecule has 1 aliphatic rings. The summed E-state index contributed by atoms with van der Waals surface area (Å²) < 4.78 is 37.1. The molecule has 2 rings (SSSR count). The van der Waals surface area contributed by atoms with Crippen LogP contribution in [0.15, 0.2) is 16.9 Å². The fourth-order valence-corrected chi connectivity index (χ4v) is 1.85. The summed E-state index contributed by atoms with van der Waals surface area (Å²) in [4.78, 5) is 26.7.